The van der Waals surface area contributed by atoms with Crippen LogP contribution in [0.5, 0.6) is 0 Å². The predicted molar refractivity (Wildman–Crippen MR) is 52.7 cm³/mol. The van der Waals surface area contributed by atoms with E-state index in [0.717, 1.165) is 12.8 Å². The topological polar surface area (TPSA) is 66.1 Å². The first-order chi connectivity index (χ1) is 6.83. The fraction of sp³-hybridized carbons (Fsp3) is 0.778. The first-order valence-electron chi connectivity index (χ1n) is 5.12. The first-order valence-corrected chi connectivity index (χ1v) is 5.12. The molecule has 5 nitrogen and oxygen atoms in total. The maximum absolute atomic E-state index is 10.9. The number of carbonyl (C=O) groups excluding carboxylic acids is 1. The van der Waals surface area contributed by atoms with Crippen molar-refractivity contribution in [1.29, 1.82) is 0 Å². The van der Waals surface area contributed by atoms with Crippen LogP contribution in [0.2, 0.25) is 0 Å². The highest BCUT2D eigenvalue weighted by molar-refractivity contribution is 6.25. The van der Waals surface area contributed by atoms with Crippen LogP contribution in [0.3, 0.4) is 0 Å². The standard InChI is InChI=1S/C9H17N3O2/c13-9(8-11-14)10-4-7-12-5-2-1-3-6-12/h8,14H,1-7H2,(H,10,13)/p+1/b11-8-. The molecule has 1 saturated heterocycles. The molecule has 0 radical (unpaired) electrons. The number of amides is 1. The summed E-state index contributed by atoms with van der Waals surface area (Å²) in [5, 5.41) is 13.4. The van der Waals surface area contributed by atoms with Gasteiger partial charge >= 0.3 is 0 Å². The number of rotatable bonds is 4. The number of oxime groups is 1. The van der Waals surface area contributed by atoms with Crippen molar-refractivity contribution in [2.75, 3.05) is 26.2 Å². The summed E-state index contributed by atoms with van der Waals surface area (Å²) in [7, 11) is 0. The molecule has 5 heteroatoms. The van der Waals surface area contributed by atoms with Crippen LogP contribution in [0.25, 0.3) is 0 Å². The maximum Gasteiger partial charge on any atom is 0.266 e. The Kier molecular flexibility index (Phi) is 4.99. The lowest BCUT2D eigenvalue weighted by Gasteiger charge is -2.23. The minimum absolute atomic E-state index is 0.330. The largest absolute Gasteiger partial charge is 0.411 e. The summed E-state index contributed by atoms with van der Waals surface area (Å²) in [6.45, 7) is 4.04. The highest BCUT2D eigenvalue weighted by Crippen LogP contribution is 1.93. The average Bonchev–Trinajstić information content (AvgIpc) is 2.20. The van der Waals surface area contributed by atoms with Gasteiger partial charge in [-0.15, -0.1) is 0 Å². The third-order valence-corrected chi connectivity index (χ3v) is 2.51. The Morgan fingerprint density at radius 2 is 2.14 bits per heavy atom. The van der Waals surface area contributed by atoms with E-state index in [1.807, 2.05) is 0 Å². The Balaban J connectivity index is 2.05. The lowest BCUT2D eigenvalue weighted by Crippen LogP contribution is -3.13. The zero-order valence-corrected chi connectivity index (χ0v) is 8.33. The minimum atomic E-state index is -0.330. The second-order valence-corrected chi connectivity index (χ2v) is 3.60. The second-order valence-electron chi connectivity index (χ2n) is 3.60. The lowest BCUT2D eigenvalue weighted by atomic mass is 10.1. The third kappa shape index (κ3) is 4.23. The smallest absolute Gasteiger partial charge is 0.266 e. The number of hydrogen-bond donors (Lipinski definition) is 3. The number of nitrogens with zero attached hydrogens (tertiary/aromatic N) is 1. The summed E-state index contributed by atoms with van der Waals surface area (Å²) in [6.07, 6.45) is 4.81. The highest BCUT2D eigenvalue weighted by Gasteiger charge is 2.12. The zero-order chi connectivity index (χ0) is 10.2. The summed E-state index contributed by atoms with van der Waals surface area (Å²) in [5.41, 5.74) is 0. The molecule has 1 heterocycles. The quantitative estimate of drug-likeness (QED) is 0.298. The molecule has 0 unspecified atom stereocenters. The summed E-state index contributed by atoms with van der Waals surface area (Å²) in [4.78, 5) is 12.4. The molecule has 1 aliphatic rings. The van der Waals surface area contributed by atoms with Crippen LogP contribution in [0.1, 0.15) is 19.3 Å². The molecule has 0 aromatic heterocycles. The van der Waals surface area contributed by atoms with Crippen LogP contribution >= 0.6 is 0 Å². The van der Waals surface area contributed by atoms with Gasteiger partial charge in [-0.1, -0.05) is 5.16 Å². The monoisotopic (exact) mass is 200 g/mol. The number of piperidine rings is 1. The fourth-order valence-electron chi connectivity index (χ4n) is 1.76. The van der Waals surface area contributed by atoms with Crippen molar-refractivity contribution in [3.63, 3.8) is 0 Å². The number of carbonyl (C=O) groups is 1. The van der Waals surface area contributed by atoms with Crippen molar-refractivity contribution in [2.24, 2.45) is 5.16 Å². The Hall–Kier alpha value is -1.10. The number of nitrogens with one attached hydrogen (secondary N) is 2. The summed E-state index contributed by atoms with van der Waals surface area (Å²) < 4.78 is 0. The molecule has 1 aliphatic heterocycles. The Morgan fingerprint density at radius 1 is 1.43 bits per heavy atom. The van der Waals surface area contributed by atoms with Crippen LogP contribution in [0.15, 0.2) is 5.16 Å². The van der Waals surface area contributed by atoms with E-state index in [-0.39, 0.29) is 5.91 Å². The van der Waals surface area contributed by atoms with Gasteiger partial charge in [0.1, 0.15) is 6.21 Å². The maximum atomic E-state index is 10.9. The first kappa shape index (κ1) is 11.0. The number of quaternary nitrogens is 1. The van der Waals surface area contributed by atoms with Crippen molar-refractivity contribution in [3.8, 4) is 0 Å². The Morgan fingerprint density at radius 3 is 2.79 bits per heavy atom. The second kappa shape index (κ2) is 6.37. The molecule has 80 valence electrons. The van der Waals surface area contributed by atoms with E-state index in [1.165, 1.54) is 32.4 Å². The van der Waals surface area contributed by atoms with Crippen LogP contribution in [-0.4, -0.2) is 43.5 Å². The van der Waals surface area contributed by atoms with Crippen LogP contribution < -0.4 is 10.2 Å². The van der Waals surface area contributed by atoms with Crippen molar-refractivity contribution in [1.82, 2.24) is 5.32 Å². The van der Waals surface area contributed by atoms with E-state index in [1.54, 1.807) is 4.90 Å². The Labute approximate surface area is 83.8 Å². The molecule has 0 aliphatic carbocycles. The molecule has 0 aromatic carbocycles. The van der Waals surface area contributed by atoms with E-state index in [2.05, 4.69) is 10.5 Å². The Bertz CT molecular complexity index is 200. The van der Waals surface area contributed by atoms with Gasteiger partial charge in [0.15, 0.2) is 0 Å². The molecule has 0 aromatic rings. The van der Waals surface area contributed by atoms with Gasteiger partial charge in [0.2, 0.25) is 0 Å². The number of hydrogen-bond acceptors (Lipinski definition) is 3. The van der Waals surface area contributed by atoms with E-state index in [0.29, 0.717) is 6.54 Å². The molecule has 0 bridgehead atoms. The molecular weight excluding hydrogens is 182 g/mol. The molecule has 1 rings (SSSR count). The summed E-state index contributed by atoms with van der Waals surface area (Å²) in [5.74, 6) is -0.330. The van der Waals surface area contributed by atoms with Crippen LogP contribution in [0, 0.1) is 0 Å². The molecule has 0 spiro atoms. The van der Waals surface area contributed by atoms with Crippen LogP contribution in [-0.2, 0) is 4.79 Å². The van der Waals surface area contributed by atoms with Gasteiger partial charge in [-0.25, -0.2) is 0 Å². The van der Waals surface area contributed by atoms with Gasteiger partial charge in [-0.3, -0.25) is 4.79 Å². The minimum Gasteiger partial charge on any atom is -0.411 e. The van der Waals surface area contributed by atoms with Crippen molar-refractivity contribution < 1.29 is 14.9 Å². The van der Waals surface area contributed by atoms with Gasteiger partial charge in [0.25, 0.3) is 5.91 Å². The fourth-order valence-corrected chi connectivity index (χ4v) is 1.76. The van der Waals surface area contributed by atoms with Gasteiger partial charge < -0.3 is 15.4 Å². The van der Waals surface area contributed by atoms with Gasteiger partial charge in [-0.05, 0) is 19.3 Å². The molecular formula is C9H18N3O2+. The normalized spacial score (nSPS) is 18.6. The molecule has 1 fully saturated rings. The SMILES string of the molecule is O=C(/C=N\O)NCC[NH+]1CCCCC1. The van der Waals surface area contributed by atoms with Gasteiger partial charge in [-0.2, -0.15) is 0 Å². The molecule has 0 atom stereocenters. The zero-order valence-electron chi connectivity index (χ0n) is 8.33. The van der Waals surface area contributed by atoms with E-state index < -0.39 is 0 Å². The van der Waals surface area contributed by atoms with E-state index in [9.17, 15) is 4.79 Å². The predicted octanol–water partition coefficient (Wildman–Crippen LogP) is -1.37. The van der Waals surface area contributed by atoms with Crippen molar-refractivity contribution in [3.05, 3.63) is 0 Å². The summed E-state index contributed by atoms with van der Waals surface area (Å²) in [6, 6.07) is 0. The lowest BCUT2D eigenvalue weighted by molar-refractivity contribution is -0.903. The molecule has 3 N–H and O–H groups in total. The van der Waals surface area contributed by atoms with Gasteiger partial charge in [0, 0.05) is 0 Å². The summed E-state index contributed by atoms with van der Waals surface area (Å²) >= 11 is 0. The highest BCUT2D eigenvalue weighted by atomic mass is 16.4. The van der Waals surface area contributed by atoms with Crippen LogP contribution in [0.4, 0.5) is 0 Å². The molecule has 1 amide bonds. The third-order valence-electron chi connectivity index (χ3n) is 2.51. The number of likely N-dealkylation sites (tertiary alicyclic amines) is 1. The molecule has 0 saturated carbocycles. The molecule has 14 heavy (non-hydrogen) atoms. The average molecular weight is 200 g/mol. The van der Waals surface area contributed by atoms with E-state index in [4.69, 9.17) is 5.21 Å². The van der Waals surface area contributed by atoms with Gasteiger partial charge in [0.05, 0.1) is 26.2 Å². The van der Waals surface area contributed by atoms with E-state index >= 15 is 0 Å². The van der Waals surface area contributed by atoms with Crippen molar-refractivity contribution >= 4 is 12.1 Å². The van der Waals surface area contributed by atoms with Crippen molar-refractivity contribution in [2.45, 2.75) is 19.3 Å².